The highest BCUT2D eigenvalue weighted by molar-refractivity contribution is 5.49. The van der Waals surface area contributed by atoms with Crippen LogP contribution in [0.4, 0.5) is 5.69 Å². The van der Waals surface area contributed by atoms with Crippen molar-refractivity contribution in [1.29, 1.82) is 0 Å². The first-order valence-corrected chi connectivity index (χ1v) is 5.45. The van der Waals surface area contributed by atoms with E-state index in [0.717, 1.165) is 0 Å². The summed E-state index contributed by atoms with van der Waals surface area (Å²) in [7, 11) is 0. The Morgan fingerprint density at radius 2 is 2.21 bits per heavy atom. The molecule has 0 fully saturated rings. The zero-order valence-corrected chi connectivity index (χ0v) is 9.38. The molecule has 78 valence electrons. The van der Waals surface area contributed by atoms with Crippen molar-refractivity contribution in [3.8, 4) is 0 Å². The molecular weight excluding hydrogens is 172 g/mol. The third-order valence-corrected chi connectivity index (χ3v) is 2.51. The third kappa shape index (κ3) is 3.02. The lowest BCUT2D eigenvalue weighted by atomic mass is 10.1. The predicted molar refractivity (Wildman–Crippen MR) is 61.6 cm³/mol. The minimum Gasteiger partial charge on any atom is -0.382 e. The summed E-state index contributed by atoms with van der Waals surface area (Å²) in [6, 6.07) is 2.65. The third-order valence-electron chi connectivity index (χ3n) is 2.51. The normalized spacial score (nSPS) is 12.5. The fraction of sp³-hybridized carbons (Fsp3) is 0.583. The van der Waals surface area contributed by atoms with Crippen LogP contribution in [0.5, 0.6) is 0 Å². The summed E-state index contributed by atoms with van der Waals surface area (Å²) in [6.07, 6.45) is 7.39. The smallest absolute Gasteiger partial charge is 0.0402 e. The average molecular weight is 192 g/mol. The molecule has 0 saturated heterocycles. The van der Waals surface area contributed by atoms with Gasteiger partial charge in [-0.15, -0.1) is 0 Å². The van der Waals surface area contributed by atoms with Crippen LogP contribution in [0.15, 0.2) is 18.5 Å². The molecule has 2 heteroatoms. The highest BCUT2D eigenvalue weighted by atomic mass is 14.9. The SMILES string of the molecule is CCCC(CC)Nc1ccncc1C. The molecule has 1 atom stereocenters. The molecule has 2 nitrogen and oxygen atoms in total. The molecule has 1 N–H and O–H groups in total. The minimum atomic E-state index is 0.598. The summed E-state index contributed by atoms with van der Waals surface area (Å²) in [5.41, 5.74) is 2.45. The highest BCUT2D eigenvalue weighted by Gasteiger charge is 2.05. The fourth-order valence-electron chi connectivity index (χ4n) is 1.58. The van der Waals surface area contributed by atoms with Crippen LogP contribution in [0.2, 0.25) is 0 Å². The summed E-state index contributed by atoms with van der Waals surface area (Å²) >= 11 is 0. The number of nitrogens with one attached hydrogen (secondary N) is 1. The average Bonchev–Trinajstić information content (AvgIpc) is 2.20. The maximum Gasteiger partial charge on any atom is 0.0402 e. The number of aryl methyl sites for hydroxylation is 1. The van der Waals surface area contributed by atoms with Crippen LogP contribution in [0.25, 0.3) is 0 Å². The molecule has 1 rings (SSSR count). The van der Waals surface area contributed by atoms with E-state index in [0.29, 0.717) is 6.04 Å². The van der Waals surface area contributed by atoms with Gasteiger partial charge >= 0.3 is 0 Å². The Balaban J connectivity index is 2.62. The van der Waals surface area contributed by atoms with E-state index in [-0.39, 0.29) is 0 Å². The quantitative estimate of drug-likeness (QED) is 0.773. The Hall–Kier alpha value is -1.05. The number of aromatic nitrogens is 1. The van der Waals surface area contributed by atoms with Crippen molar-refractivity contribution in [2.45, 2.75) is 46.1 Å². The molecule has 0 amide bonds. The number of pyridine rings is 1. The van der Waals surface area contributed by atoms with Gasteiger partial charge in [0, 0.05) is 24.1 Å². The monoisotopic (exact) mass is 192 g/mol. The fourth-order valence-corrected chi connectivity index (χ4v) is 1.58. The van der Waals surface area contributed by atoms with E-state index in [9.17, 15) is 0 Å². The number of nitrogens with zero attached hydrogens (tertiary/aromatic N) is 1. The molecule has 1 aromatic heterocycles. The molecule has 1 aromatic rings. The second-order valence-corrected chi connectivity index (χ2v) is 3.73. The van der Waals surface area contributed by atoms with Gasteiger partial charge in [0.1, 0.15) is 0 Å². The molecule has 0 aromatic carbocycles. The first-order chi connectivity index (χ1) is 6.77. The number of rotatable bonds is 5. The van der Waals surface area contributed by atoms with Crippen LogP contribution in [0.3, 0.4) is 0 Å². The maximum absolute atomic E-state index is 4.08. The molecule has 0 saturated carbocycles. The van der Waals surface area contributed by atoms with Crippen LogP contribution in [0.1, 0.15) is 38.7 Å². The molecule has 0 bridgehead atoms. The first kappa shape index (κ1) is 11.0. The van der Waals surface area contributed by atoms with E-state index in [1.807, 2.05) is 18.5 Å². The number of anilines is 1. The lowest BCUT2D eigenvalue weighted by Gasteiger charge is -2.18. The summed E-state index contributed by atoms with van der Waals surface area (Å²) < 4.78 is 0. The van der Waals surface area contributed by atoms with Crippen LogP contribution in [-0.2, 0) is 0 Å². The lowest BCUT2D eigenvalue weighted by molar-refractivity contribution is 0.622. The van der Waals surface area contributed by atoms with E-state index in [2.05, 4.69) is 31.1 Å². The Labute approximate surface area is 86.8 Å². The zero-order chi connectivity index (χ0) is 10.4. The Kier molecular flexibility index (Phi) is 4.44. The van der Waals surface area contributed by atoms with Crippen molar-refractivity contribution in [2.24, 2.45) is 0 Å². The molecule has 1 unspecified atom stereocenters. The highest BCUT2D eigenvalue weighted by Crippen LogP contribution is 2.15. The molecule has 0 radical (unpaired) electrons. The van der Waals surface area contributed by atoms with Crippen LogP contribution in [0, 0.1) is 6.92 Å². The lowest BCUT2D eigenvalue weighted by Crippen LogP contribution is -2.18. The molecule has 14 heavy (non-hydrogen) atoms. The van der Waals surface area contributed by atoms with Crippen molar-refractivity contribution in [3.05, 3.63) is 24.0 Å². The van der Waals surface area contributed by atoms with Crippen LogP contribution >= 0.6 is 0 Å². The Morgan fingerprint density at radius 3 is 2.79 bits per heavy atom. The van der Waals surface area contributed by atoms with Crippen molar-refractivity contribution < 1.29 is 0 Å². The second kappa shape index (κ2) is 5.63. The first-order valence-electron chi connectivity index (χ1n) is 5.45. The van der Waals surface area contributed by atoms with Gasteiger partial charge in [0.05, 0.1) is 0 Å². The molecule has 0 aliphatic carbocycles. The van der Waals surface area contributed by atoms with E-state index >= 15 is 0 Å². The topological polar surface area (TPSA) is 24.9 Å². The Bertz CT molecular complexity index is 271. The van der Waals surface area contributed by atoms with Gasteiger partial charge < -0.3 is 5.32 Å². The van der Waals surface area contributed by atoms with Gasteiger partial charge in [-0.2, -0.15) is 0 Å². The van der Waals surface area contributed by atoms with Gasteiger partial charge in [0.15, 0.2) is 0 Å². The van der Waals surface area contributed by atoms with E-state index in [4.69, 9.17) is 0 Å². The van der Waals surface area contributed by atoms with Crippen molar-refractivity contribution >= 4 is 5.69 Å². The standard InChI is InChI=1S/C12H20N2/c1-4-6-11(5-2)14-12-7-8-13-9-10(12)3/h7-9,11H,4-6H2,1-3H3,(H,13,14). The van der Waals surface area contributed by atoms with Gasteiger partial charge in [-0.1, -0.05) is 20.3 Å². The number of hydrogen-bond donors (Lipinski definition) is 1. The van der Waals surface area contributed by atoms with Gasteiger partial charge in [0.25, 0.3) is 0 Å². The molecular formula is C12H20N2. The summed E-state index contributed by atoms with van der Waals surface area (Å²) in [4.78, 5) is 4.08. The van der Waals surface area contributed by atoms with E-state index in [1.165, 1.54) is 30.5 Å². The molecule has 0 aliphatic rings. The van der Waals surface area contributed by atoms with E-state index < -0.39 is 0 Å². The van der Waals surface area contributed by atoms with Gasteiger partial charge in [-0.05, 0) is 31.4 Å². The largest absolute Gasteiger partial charge is 0.382 e. The Morgan fingerprint density at radius 1 is 1.43 bits per heavy atom. The zero-order valence-electron chi connectivity index (χ0n) is 9.38. The molecule has 1 heterocycles. The maximum atomic E-state index is 4.08. The second-order valence-electron chi connectivity index (χ2n) is 3.73. The van der Waals surface area contributed by atoms with Crippen LogP contribution in [-0.4, -0.2) is 11.0 Å². The van der Waals surface area contributed by atoms with Crippen LogP contribution < -0.4 is 5.32 Å². The molecule has 0 aliphatic heterocycles. The predicted octanol–water partition coefficient (Wildman–Crippen LogP) is 3.38. The van der Waals surface area contributed by atoms with Crippen molar-refractivity contribution in [2.75, 3.05) is 5.32 Å². The summed E-state index contributed by atoms with van der Waals surface area (Å²) in [6.45, 7) is 6.54. The van der Waals surface area contributed by atoms with Crippen molar-refractivity contribution in [3.63, 3.8) is 0 Å². The number of hydrogen-bond acceptors (Lipinski definition) is 2. The van der Waals surface area contributed by atoms with Gasteiger partial charge in [0.2, 0.25) is 0 Å². The van der Waals surface area contributed by atoms with Gasteiger partial charge in [-0.3, -0.25) is 4.98 Å². The summed E-state index contributed by atoms with van der Waals surface area (Å²) in [5.74, 6) is 0. The minimum absolute atomic E-state index is 0.598. The van der Waals surface area contributed by atoms with E-state index in [1.54, 1.807) is 0 Å². The van der Waals surface area contributed by atoms with Gasteiger partial charge in [-0.25, -0.2) is 0 Å². The van der Waals surface area contributed by atoms with Crippen molar-refractivity contribution in [1.82, 2.24) is 4.98 Å². The molecule has 0 spiro atoms. The summed E-state index contributed by atoms with van der Waals surface area (Å²) in [5, 5.41) is 3.56.